The molecule has 11 aromatic carbocycles. The van der Waals surface area contributed by atoms with Crippen LogP contribution in [-0.2, 0) is 57.7 Å². The number of nitrogens with one attached hydrogen (secondary N) is 6. The standard InChI is InChI=1S/2C23H19NO7.C22H17NO7.C19H19NO8.C16H16N2O7/c1-14-4-2-6-16(10-14)30-13-21(25)24-15-5-3-7-17(11-15)31-18-8-9-19(22(26)27)20(12-18)23(28)29;1-14-4-2-3-5-20(14)30-13-21(25)24-15-6-8-16(9-7-15)31-17-10-11-18(22(26)27)19(12-17)23(28)29;24-20(13-29-15-4-2-1-3-5-15)23-14-6-8-16(9-7-14)30-17-10-11-18(21(25)26)19(12-17)22(27)28;1-9(17(23)20-12(18(24)25)8-15(21)22)27-13-6-3-7-14-16(13)10-4-2-5-11(10)19(26)28-14;19-13-4-3-9(6-11(13)16(23)24)18-15(22)12(7-14(20)21)17-8-10-2-1-5-25-10/h2*2-12H,13H2,1H3,(H,24,25)(H,26,27)(H,28,29);1-12H,13H2,(H,23,24)(H,25,26)(H,27,28);3,6-7,9,12H,2,4-5,8H2,1H3,(H,20,23)(H,21,22)(H,24,25);1-6,12,17,19H,7-8H2,(H,18,22)(H,20,21)(H,23,24). The van der Waals surface area contributed by atoms with Gasteiger partial charge in [0.25, 0.3) is 23.6 Å². The molecule has 3 atom stereocenters. The zero-order valence-corrected chi connectivity index (χ0v) is 76.5. The van der Waals surface area contributed by atoms with Gasteiger partial charge < -0.3 is 125 Å². The summed E-state index contributed by atoms with van der Waals surface area (Å²) in [6, 6.07) is 63.1. The SMILES string of the molecule is CC(Oc1cccc2oc(=O)c3c(c12)CCC3)C(=O)NC(CC(=O)O)C(=O)O.Cc1cccc(OCC(=O)Nc2cccc(Oc3ccc(C(=O)O)c(C(=O)O)c3)c2)c1.Cc1ccccc1OCC(=O)Nc1ccc(Oc2ccc(C(=O)O)c(C(=O)O)c2)cc1.O=C(COc1ccccc1)Nc1ccc(Oc2ccc(C(=O)O)c(C(=O)O)c2)cc1.O=C(O)CC(NCc1ccco1)C(=O)Nc1ccc(O)c(C(=O)O)c1. The van der Waals surface area contributed by atoms with Crippen LogP contribution in [0.3, 0.4) is 0 Å². The second kappa shape index (κ2) is 51.7. The lowest BCUT2D eigenvalue weighted by atomic mass is 10.1. The van der Waals surface area contributed by atoms with E-state index in [0.717, 1.165) is 59.5 Å². The Morgan fingerprint density at radius 3 is 1.32 bits per heavy atom. The van der Waals surface area contributed by atoms with Crippen LogP contribution in [0.4, 0.5) is 22.7 Å². The van der Waals surface area contributed by atoms with Gasteiger partial charge in [0.15, 0.2) is 25.9 Å². The summed E-state index contributed by atoms with van der Waals surface area (Å²) >= 11 is 0. The number of aliphatic carboxylic acids is 3. The number of carbonyl (C=O) groups is 15. The third kappa shape index (κ3) is 32.8. The molecule has 0 saturated carbocycles. The molecule has 13 aromatic rings. The number of furan rings is 1. The molecule has 0 spiro atoms. The van der Waals surface area contributed by atoms with Crippen molar-refractivity contribution in [3.63, 3.8) is 0 Å². The first-order chi connectivity index (χ1) is 69.2. The highest BCUT2D eigenvalue weighted by atomic mass is 16.5. The minimum atomic E-state index is -1.56. The largest absolute Gasteiger partial charge is 0.507 e. The molecular formula is C103H90N6O36. The number of carbonyl (C=O) groups excluding carboxylic acids is 5. The summed E-state index contributed by atoms with van der Waals surface area (Å²) in [4.78, 5) is 184. The second-order valence-corrected chi connectivity index (χ2v) is 31.0. The van der Waals surface area contributed by atoms with Crippen molar-refractivity contribution in [1.29, 1.82) is 0 Å². The maximum atomic E-state index is 12.3. The fourth-order valence-electron chi connectivity index (χ4n) is 13.5. The number of fused-ring (bicyclic) bond motifs is 3. The minimum absolute atomic E-state index is 0.121. The predicted molar refractivity (Wildman–Crippen MR) is 514 cm³/mol. The Morgan fingerprint density at radius 1 is 0.372 bits per heavy atom. The van der Waals surface area contributed by atoms with Gasteiger partial charge in [-0.15, -0.1) is 0 Å². The molecule has 5 amide bonds. The number of aryl methyl sites for hydroxylation is 3. The van der Waals surface area contributed by atoms with Gasteiger partial charge in [0.2, 0.25) is 5.91 Å². The Morgan fingerprint density at radius 2 is 0.814 bits per heavy atom. The number of para-hydroxylation sites is 2. The first kappa shape index (κ1) is 107. The van der Waals surface area contributed by atoms with Crippen LogP contribution in [0.15, 0.2) is 275 Å². The smallest absolute Gasteiger partial charge is 0.339 e. The third-order valence-corrected chi connectivity index (χ3v) is 20.3. The number of benzene rings is 11. The summed E-state index contributed by atoms with van der Waals surface area (Å²) in [7, 11) is 0. The molecule has 3 unspecified atom stereocenters. The zero-order chi connectivity index (χ0) is 105. The summed E-state index contributed by atoms with van der Waals surface area (Å²) in [5.74, 6) is -12.1. The number of ether oxygens (including phenoxy) is 7. The van der Waals surface area contributed by atoms with E-state index in [2.05, 4.69) is 31.9 Å². The molecule has 0 fully saturated rings. The number of rotatable bonds is 39. The average molecular weight is 1990 g/mol. The van der Waals surface area contributed by atoms with E-state index in [-0.39, 0.29) is 112 Å². The van der Waals surface area contributed by atoms with E-state index in [1.54, 1.807) is 140 Å². The minimum Gasteiger partial charge on any atom is -0.507 e. The Hall–Kier alpha value is -19.7. The van der Waals surface area contributed by atoms with Crippen molar-refractivity contribution in [1.82, 2.24) is 10.6 Å². The highest BCUT2D eigenvalue weighted by molar-refractivity contribution is 6.05. The fraction of sp³-hybridized carbons (Fsp3) is 0.146. The molecule has 42 heteroatoms. The molecule has 14 rings (SSSR count). The molecule has 2 heterocycles. The average Bonchev–Trinajstić information content (AvgIpc) is 1.68. The van der Waals surface area contributed by atoms with Crippen LogP contribution in [0.2, 0.25) is 0 Å². The van der Waals surface area contributed by atoms with Crippen molar-refractivity contribution < 1.29 is 170 Å². The first-order valence-corrected chi connectivity index (χ1v) is 43.2. The number of anilines is 4. The summed E-state index contributed by atoms with van der Waals surface area (Å²) in [6.07, 6.45) is 1.26. The van der Waals surface area contributed by atoms with Crippen molar-refractivity contribution in [2.75, 3.05) is 41.1 Å². The summed E-state index contributed by atoms with van der Waals surface area (Å²) in [6.45, 7) is 4.93. The quantitative estimate of drug-likeness (QED) is 0.0126. The van der Waals surface area contributed by atoms with E-state index in [1.165, 1.54) is 49.6 Å². The molecule has 1 aliphatic carbocycles. The molecule has 748 valence electrons. The lowest BCUT2D eigenvalue weighted by Crippen LogP contribution is -2.47. The van der Waals surface area contributed by atoms with Gasteiger partial charge in [-0.3, -0.25) is 38.9 Å². The topological polar surface area (TPSA) is 659 Å². The normalized spacial score (nSPS) is 11.4. The van der Waals surface area contributed by atoms with Gasteiger partial charge in [-0.25, -0.2) is 43.2 Å². The highest BCUT2D eigenvalue weighted by Gasteiger charge is 2.30. The van der Waals surface area contributed by atoms with Crippen LogP contribution in [0.1, 0.15) is 127 Å². The number of phenols is 1. The van der Waals surface area contributed by atoms with Crippen LogP contribution in [0.5, 0.6) is 63.2 Å². The van der Waals surface area contributed by atoms with Gasteiger partial charge in [-0.1, -0.05) is 60.7 Å². The van der Waals surface area contributed by atoms with E-state index in [1.807, 2.05) is 56.3 Å². The number of hydrogen-bond acceptors (Lipinski definition) is 27. The lowest BCUT2D eigenvalue weighted by molar-refractivity contribution is -0.147. The predicted octanol–water partition coefficient (Wildman–Crippen LogP) is 14.6. The zero-order valence-electron chi connectivity index (χ0n) is 76.5. The molecular weight excluding hydrogens is 1900 g/mol. The number of aromatic hydroxyl groups is 1. The van der Waals surface area contributed by atoms with Crippen LogP contribution in [0, 0.1) is 13.8 Å². The number of hydrogen-bond donors (Lipinski definition) is 17. The van der Waals surface area contributed by atoms with Crippen LogP contribution in [-0.4, -0.2) is 183 Å². The summed E-state index contributed by atoms with van der Waals surface area (Å²) in [5, 5.41) is 116. The summed E-state index contributed by atoms with van der Waals surface area (Å²) < 4.78 is 49.3. The molecule has 17 N–H and O–H groups in total. The van der Waals surface area contributed by atoms with Crippen LogP contribution in [0.25, 0.3) is 11.0 Å². The third-order valence-electron chi connectivity index (χ3n) is 20.3. The van der Waals surface area contributed by atoms with E-state index >= 15 is 0 Å². The van der Waals surface area contributed by atoms with E-state index in [9.17, 15) is 97.1 Å². The van der Waals surface area contributed by atoms with Crippen LogP contribution >= 0.6 is 0 Å². The van der Waals surface area contributed by atoms with Gasteiger partial charge in [0.1, 0.15) is 86.2 Å². The van der Waals surface area contributed by atoms with Crippen LogP contribution < -0.4 is 70.7 Å². The fourth-order valence-corrected chi connectivity index (χ4v) is 13.5. The molecule has 0 bridgehead atoms. The van der Waals surface area contributed by atoms with Crippen molar-refractivity contribution in [3.8, 4) is 63.2 Å². The molecule has 0 radical (unpaired) electrons. The molecule has 0 saturated heterocycles. The summed E-state index contributed by atoms with van der Waals surface area (Å²) in [5.41, 5.74) is 2.49. The Kier molecular flexibility index (Phi) is 38.2. The molecule has 0 aliphatic heterocycles. The van der Waals surface area contributed by atoms with Gasteiger partial charge in [-0.05, 0) is 245 Å². The molecule has 2 aromatic heterocycles. The Balaban J connectivity index is 0.000000186. The monoisotopic (exact) mass is 1990 g/mol. The van der Waals surface area contributed by atoms with Crippen molar-refractivity contribution >= 4 is 123 Å². The molecule has 42 nitrogen and oxygen atoms in total. The van der Waals surface area contributed by atoms with E-state index in [0.29, 0.717) is 92.4 Å². The van der Waals surface area contributed by atoms with Gasteiger partial charge in [0, 0.05) is 34.4 Å². The van der Waals surface area contributed by atoms with E-state index < -0.39 is 108 Å². The van der Waals surface area contributed by atoms with E-state index in [4.69, 9.17) is 77.7 Å². The van der Waals surface area contributed by atoms with Crippen molar-refractivity contribution in [3.05, 3.63) is 338 Å². The lowest BCUT2D eigenvalue weighted by Gasteiger charge is -2.19. The Bertz CT molecular complexity index is 7030. The van der Waals surface area contributed by atoms with Crippen molar-refractivity contribution in [2.45, 2.75) is 77.6 Å². The highest BCUT2D eigenvalue weighted by Crippen LogP contribution is 2.36. The molecule has 145 heavy (non-hydrogen) atoms. The first-order valence-electron chi connectivity index (χ1n) is 43.2. The maximum absolute atomic E-state index is 12.3. The number of carboxylic acids is 10. The Labute approximate surface area is 820 Å². The van der Waals surface area contributed by atoms with Gasteiger partial charge in [-0.2, -0.15) is 0 Å². The number of amides is 5. The second-order valence-electron chi connectivity index (χ2n) is 31.0. The maximum Gasteiger partial charge on any atom is 0.339 e. The molecule has 1 aliphatic rings. The van der Waals surface area contributed by atoms with Crippen molar-refractivity contribution in [2.24, 2.45) is 0 Å². The van der Waals surface area contributed by atoms with Gasteiger partial charge >= 0.3 is 65.3 Å². The number of carboxylic acid groups (broad SMARTS) is 10. The van der Waals surface area contributed by atoms with Gasteiger partial charge in [0.05, 0.1) is 70.5 Å². The number of aromatic carboxylic acids is 7.